The molecule has 0 fully saturated rings. The number of anilines is 1. The standard InChI is InChI=1S/C20H20ClN5O3S/c1-2-29-13-5-12-22-18-16-6-3-4-7-17(16)26-19(23-18)20(24-25-26)30(27,28)15-10-8-14(21)9-11-15/h3-4,6-11H,2,5,12-13H2,1H3,(H,22,23). The first-order chi connectivity index (χ1) is 14.5. The van der Waals surface area contributed by atoms with E-state index < -0.39 is 9.84 Å². The van der Waals surface area contributed by atoms with Gasteiger partial charge in [-0.15, -0.1) is 5.10 Å². The molecule has 4 rings (SSSR count). The van der Waals surface area contributed by atoms with Gasteiger partial charge in [0.15, 0.2) is 5.65 Å². The van der Waals surface area contributed by atoms with Gasteiger partial charge in [-0.25, -0.2) is 13.4 Å². The molecule has 156 valence electrons. The maximum Gasteiger partial charge on any atom is 0.229 e. The van der Waals surface area contributed by atoms with Crippen LogP contribution in [0.3, 0.4) is 0 Å². The van der Waals surface area contributed by atoms with Crippen LogP contribution in [0, 0.1) is 0 Å². The number of para-hydroxylation sites is 1. The third-order valence-electron chi connectivity index (χ3n) is 4.56. The van der Waals surface area contributed by atoms with E-state index in [9.17, 15) is 8.42 Å². The fraction of sp³-hybridized carbons (Fsp3) is 0.250. The van der Waals surface area contributed by atoms with Gasteiger partial charge in [0.25, 0.3) is 0 Å². The fourth-order valence-corrected chi connectivity index (χ4v) is 4.46. The number of fused-ring (bicyclic) bond motifs is 3. The molecule has 0 radical (unpaired) electrons. The fourth-order valence-electron chi connectivity index (χ4n) is 3.10. The van der Waals surface area contributed by atoms with Crippen molar-refractivity contribution in [3.8, 4) is 0 Å². The van der Waals surface area contributed by atoms with Crippen LogP contribution in [0.1, 0.15) is 13.3 Å². The number of rotatable bonds is 8. The predicted octanol–water partition coefficient (Wildman–Crippen LogP) is 3.60. The molecule has 2 aromatic carbocycles. The van der Waals surface area contributed by atoms with Crippen molar-refractivity contribution in [1.82, 2.24) is 19.8 Å². The third-order valence-corrected chi connectivity index (χ3v) is 6.48. The highest BCUT2D eigenvalue weighted by Crippen LogP contribution is 2.28. The summed E-state index contributed by atoms with van der Waals surface area (Å²) in [5.74, 6) is 0.574. The molecule has 0 spiro atoms. The van der Waals surface area contributed by atoms with E-state index in [0.717, 1.165) is 11.8 Å². The van der Waals surface area contributed by atoms with E-state index in [1.54, 1.807) is 0 Å². The lowest BCUT2D eigenvalue weighted by molar-refractivity contribution is 0.147. The maximum atomic E-state index is 13.2. The molecule has 0 saturated heterocycles. The van der Waals surface area contributed by atoms with Crippen molar-refractivity contribution in [2.75, 3.05) is 25.1 Å². The van der Waals surface area contributed by atoms with E-state index in [4.69, 9.17) is 16.3 Å². The zero-order valence-corrected chi connectivity index (χ0v) is 17.8. The lowest BCUT2D eigenvalue weighted by Gasteiger charge is -2.10. The SMILES string of the molecule is CCOCCCNc1nc2c(S(=O)(=O)c3ccc(Cl)cc3)nnn2c2ccccc12. The molecule has 0 atom stereocenters. The maximum absolute atomic E-state index is 13.2. The van der Waals surface area contributed by atoms with Gasteiger partial charge in [-0.05, 0) is 49.7 Å². The summed E-state index contributed by atoms with van der Waals surface area (Å²) in [4.78, 5) is 4.65. The van der Waals surface area contributed by atoms with Gasteiger partial charge in [0.1, 0.15) is 5.82 Å². The predicted molar refractivity (Wildman–Crippen MR) is 115 cm³/mol. The molecule has 0 aliphatic rings. The molecule has 0 bridgehead atoms. The number of sulfone groups is 1. The zero-order valence-electron chi connectivity index (χ0n) is 16.2. The topological polar surface area (TPSA) is 98.5 Å². The van der Waals surface area contributed by atoms with E-state index in [1.807, 2.05) is 31.2 Å². The molecule has 10 heteroatoms. The average Bonchev–Trinajstić information content (AvgIpc) is 3.19. The Bertz CT molecular complexity index is 1290. The van der Waals surface area contributed by atoms with Gasteiger partial charge in [0, 0.05) is 30.2 Å². The zero-order chi connectivity index (χ0) is 21.1. The number of nitrogens with one attached hydrogen (secondary N) is 1. The molecule has 4 aromatic rings. The van der Waals surface area contributed by atoms with E-state index in [2.05, 4.69) is 20.6 Å². The van der Waals surface area contributed by atoms with E-state index in [-0.39, 0.29) is 15.6 Å². The molecule has 2 aromatic heterocycles. The van der Waals surface area contributed by atoms with Crippen LogP contribution in [-0.4, -0.2) is 48.0 Å². The van der Waals surface area contributed by atoms with Crippen LogP contribution >= 0.6 is 11.6 Å². The molecule has 0 saturated carbocycles. The lowest BCUT2D eigenvalue weighted by atomic mass is 10.2. The van der Waals surface area contributed by atoms with Gasteiger partial charge < -0.3 is 10.1 Å². The van der Waals surface area contributed by atoms with Crippen LogP contribution in [0.5, 0.6) is 0 Å². The second-order valence-corrected chi connectivity index (χ2v) is 8.84. The third kappa shape index (κ3) is 3.83. The van der Waals surface area contributed by atoms with E-state index >= 15 is 0 Å². The summed E-state index contributed by atoms with van der Waals surface area (Å²) in [6.45, 7) is 3.88. The van der Waals surface area contributed by atoms with Crippen molar-refractivity contribution in [3.05, 3.63) is 53.6 Å². The van der Waals surface area contributed by atoms with E-state index in [0.29, 0.717) is 36.1 Å². The highest BCUT2D eigenvalue weighted by molar-refractivity contribution is 7.91. The lowest BCUT2D eigenvalue weighted by Crippen LogP contribution is -2.09. The Morgan fingerprint density at radius 3 is 2.67 bits per heavy atom. The Morgan fingerprint density at radius 2 is 1.90 bits per heavy atom. The minimum atomic E-state index is -3.92. The molecule has 0 aliphatic heterocycles. The van der Waals surface area contributed by atoms with Gasteiger partial charge in [-0.3, -0.25) is 0 Å². The summed E-state index contributed by atoms with van der Waals surface area (Å²) in [5.41, 5.74) is 0.871. The summed E-state index contributed by atoms with van der Waals surface area (Å²) in [6.07, 6.45) is 0.794. The normalized spacial score (nSPS) is 11.9. The summed E-state index contributed by atoms with van der Waals surface area (Å²) in [5, 5.41) is 12.4. The van der Waals surface area contributed by atoms with Crippen molar-refractivity contribution >= 4 is 43.8 Å². The molecule has 2 heterocycles. The van der Waals surface area contributed by atoms with Crippen LogP contribution in [0.4, 0.5) is 5.82 Å². The smallest absolute Gasteiger partial charge is 0.229 e. The molecule has 0 aliphatic carbocycles. The molecule has 0 amide bonds. The quantitative estimate of drug-likeness (QED) is 0.413. The first-order valence-corrected chi connectivity index (χ1v) is 11.3. The second-order valence-electron chi connectivity index (χ2n) is 6.54. The Morgan fingerprint density at radius 1 is 1.13 bits per heavy atom. The monoisotopic (exact) mass is 445 g/mol. The van der Waals surface area contributed by atoms with Crippen molar-refractivity contribution in [2.45, 2.75) is 23.3 Å². The van der Waals surface area contributed by atoms with Crippen molar-refractivity contribution in [1.29, 1.82) is 0 Å². The van der Waals surface area contributed by atoms with Gasteiger partial charge >= 0.3 is 0 Å². The minimum Gasteiger partial charge on any atom is -0.382 e. The first-order valence-electron chi connectivity index (χ1n) is 9.49. The number of ether oxygens (including phenoxy) is 1. The summed E-state index contributed by atoms with van der Waals surface area (Å²) in [6, 6.07) is 13.4. The van der Waals surface area contributed by atoms with Crippen molar-refractivity contribution in [2.24, 2.45) is 0 Å². The summed E-state index contributed by atoms with van der Waals surface area (Å²) in [7, 11) is -3.92. The first kappa shape index (κ1) is 20.5. The van der Waals surface area contributed by atoms with Gasteiger partial charge in [0.2, 0.25) is 14.9 Å². The van der Waals surface area contributed by atoms with Gasteiger partial charge in [0.05, 0.1) is 10.4 Å². The molecule has 30 heavy (non-hydrogen) atoms. The molecular weight excluding hydrogens is 426 g/mol. The summed E-state index contributed by atoms with van der Waals surface area (Å²) < 4.78 is 33.1. The number of aromatic nitrogens is 4. The minimum absolute atomic E-state index is 0.0792. The number of hydrogen-bond acceptors (Lipinski definition) is 7. The largest absolute Gasteiger partial charge is 0.382 e. The van der Waals surface area contributed by atoms with Gasteiger partial charge in [-0.2, -0.15) is 4.52 Å². The second kappa shape index (κ2) is 8.55. The Labute approximate surface area is 178 Å². The highest BCUT2D eigenvalue weighted by Gasteiger charge is 2.27. The number of benzene rings is 2. The Hall–Kier alpha value is -2.75. The number of halogens is 1. The molecule has 1 N–H and O–H groups in total. The van der Waals surface area contributed by atoms with Crippen LogP contribution in [0.15, 0.2) is 58.5 Å². The van der Waals surface area contributed by atoms with Crippen LogP contribution in [-0.2, 0) is 14.6 Å². The Balaban J connectivity index is 1.80. The van der Waals surface area contributed by atoms with Crippen LogP contribution in [0.25, 0.3) is 16.6 Å². The molecular formula is C20H20ClN5O3S. The van der Waals surface area contributed by atoms with Crippen LogP contribution < -0.4 is 5.32 Å². The van der Waals surface area contributed by atoms with Gasteiger partial charge in [-0.1, -0.05) is 28.9 Å². The number of hydrogen-bond donors (Lipinski definition) is 1. The average molecular weight is 446 g/mol. The summed E-state index contributed by atoms with van der Waals surface area (Å²) >= 11 is 5.89. The molecule has 8 nitrogen and oxygen atoms in total. The van der Waals surface area contributed by atoms with E-state index in [1.165, 1.54) is 28.8 Å². The van der Waals surface area contributed by atoms with Crippen LogP contribution in [0.2, 0.25) is 5.02 Å². The highest BCUT2D eigenvalue weighted by atomic mass is 35.5. The van der Waals surface area contributed by atoms with Crippen molar-refractivity contribution < 1.29 is 13.2 Å². The molecule has 0 unspecified atom stereocenters. The number of nitrogens with zero attached hydrogens (tertiary/aromatic N) is 4. The Kier molecular flexibility index (Phi) is 5.85. The van der Waals surface area contributed by atoms with Crippen molar-refractivity contribution in [3.63, 3.8) is 0 Å².